The predicted molar refractivity (Wildman–Crippen MR) is 121 cm³/mol. The number of aliphatic imine (C=N–C) groups is 1. The molecule has 1 aliphatic heterocycles. The van der Waals surface area contributed by atoms with Gasteiger partial charge in [-0.15, -0.1) is 11.3 Å². The highest BCUT2D eigenvalue weighted by molar-refractivity contribution is 7.84. The summed E-state index contributed by atoms with van der Waals surface area (Å²) in [5, 5.41) is 0.852. The van der Waals surface area contributed by atoms with E-state index in [4.69, 9.17) is 31.6 Å². The van der Waals surface area contributed by atoms with Crippen LogP contribution >= 0.6 is 23.2 Å². The number of hydrogen-bond donors (Lipinski definition) is 2. The maximum absolute atomic E-state index is 13.1. The van der Waals surface area contributed by atoms with E-state index in [9.17, 15) is 4.21 Å². The first-order valence-corrected chi connectivity index (χ1v) is 11.8. The van der Waals surface area contributed by atoms with Crippen LogP contribution in [0.4, 0.5) is 0 Å². The minimum Gasteiger partial charge on any atom is -0.495 e. The third kappa shape index (κ3) is 2.80. The Morgan fingerprint density at radius 3 is 3.07 bits per heavy atom. The van der Waals surface area contributed by atoms with E-state index >= 15 is 0 Å². The molecule has 3 atom stereocenters. The van der Waals surface area contributed by atoms with E-state index in [2.05, 4.69) is 23.2 Å². The second kappa shape index (κ2) is 7.26. The number of hydrogen-bond acceptors (Lipinski definition) is 6. The van der Waals surface area contributed by atoms with Crippen LogP contribution in [-0.4, -0.2) is 45.5 Å². The zero-order valence-corrected chi connectivity index (χ0v) is 18.9. The highest BCUT2D eigenvalue weighted by atomic mass is 35.5. The van der Waals surface area contributed by atoms with E-state index in [1.54, 1.807) is 25.5 Å². The average molecular weight is 465 g/mol. The van der Waals surface area contributed by atoms with E-state index in [0.29, 0.717) is 25.4 Å². The Hall–Kier alpha value is -2.07. The fourth-order valence-electron chi connectivity index (χ4n) is 4.39. The number of rotatable bonds is 5. The van der Waals surface area contributed by atoms with Crippen molar-refractivity contribution < 1.29 is 13.2 Å². The fraction of sp³-hybridized carbons (Fsp3) is 0.350. The maximum Gasteiger partial charge on any atom is 0.204 e. The Labute approximate surface area is 185 Å². The number of ether oxygens (including phenoxy) is 1. The molecule has 3 aromatic rings. The zero-order chi connectivity index (χ0) is 21.0. The SMILES string of the molecule is COc1cccc2cc(-c3cc4c(s3)C3(C4)N=C(N)N(C)S(=O)C3CCOCl)[nH]c12. The third-order valence-electron chi connectivity index (χ3n) is 5.91. The summed E-state index contributed by atoms with van der Waals surface area (Å²) in [7, 11) is 2.06. The van der Waals surface area contributed by atoms with Crippen molar-refractivity contribution in [1.29, 1.82) is 0 Å². The van der Waals surface area contributed by atoms with E-state index < -0.39 is 16.5 Å². The van der Waals surface area contributed by atoms with Gasteiger partial charge in [-0.2, -0.15) is 0 Å². The maximum atomic E-state index is 13.1. The lowest BCUT2D eigenvalue weighted by molar-refractivity contribution is 0.284. The van der Waals surface area contributed by atoms with Gasteiger partial charge in [-0.1, -0.05) is 12.1 Å². The predicted octanol–water partition coefficient (Wildman–Crippen LogP) is 3.51. The minimum absolute atomic E-state index is 0.240. The van der Waals surface area contributed by atoms with Crippen molar-refractivity contribution in [2.24, 2.45) is 10.7 Å². The van der Waals surface area contributed by atoms with Crippen LogP contribution in [0.25, 0.3) is 21.5 Å². The van der Waals surface area contributed by atoms with Gasteiger partial charge < -0.3 is 15.5 Å². The van der Waals surface area contributed by atoms with Gasteiger partial charge in [0.05, 0.1) is 46.9 Å². The number of H-pyrrole nitrogens is 1. The molecule has 0 radical (unpaired) electrons. The molecule has 0 saturated heterocycles. The van der Waals surface area contributed by atoms with Gasteiger partial charge in [0.2, 0.25) is 5.96 Å². The van der Waals surface area contributed by atoms with Gasteiger partial charge in [-0.3, -0.25) is 8.59 Å². The molecule has 3 heterocycles. The third-order valence-corrected chi connectivity index (χ3v) is 9.28. The molecule has 10 heteroatoms. The summed E-state index contributed by atoms with van der Waals surface area (Å²) in [6, 6.07) is 10.3. The molecular weight excluding hydrogens is 444 g/mol. The Balaban J connectivity index is 1.57. The second-order valence-electron chi connectivity index (χ2n) is 7.51. The molecule has 0 fully saturated rings. The minimum atomic E-state index is -1.31. The van der Waals surface area contributed by atoms with Crippen LogP contribution in [0.1, 0.15) is 16.9 Å². The summed E-state index contributed by atoms with van der Waals surface area (Å²) in [4.78, 5) is 10.5. The number of para-hydroxylation sites is 1. The number of aromatic nitrogens is 1. The smallest absolute Gasteiger partial charge is 0.204 e. The number of halogens is 1. The van der Waals surface area contributed by atoms with Gasteiger partial charge in [0.25, 0.3) is 0 Å². The molecule has 158 valence electrons. The van der Waals surface area contributed by atoms with Crippen LogP contribution in [-0.2, 0) is 27.2 Å². The standard InChI is InChI=1S/C20H21ClN4O3S2/c1-25-19(22)24-20(16(30(25)26)6-7-28-21)10-12-9-15(29-18(12)20)13-8-11-4-3-5-14(27-2)17(11)23-13/h3-5,8-9,16,23H,6-7,10H2,1-2H3,(H2,22,24). The number of nitrogens with two attached hydrogens (primary N) is 1. The molecule has 7 nitrogen and oxygen atoms in total. The van der Waals surface area contributed by atoms with Gasteiger partial charge in [-0.05, 0) is 30.2 Å². The second-order valence-corrected chi connectivity index (χ2v) is 10.4. The molecule has 5 rings (SSSR count). The Morgan fingerprint density at radius 2 is 2.30 bits per heavy atom. The first kappa shape index (κ1) is 19.9. The number of methoxy groups -OCH3 is 1. The number of guanidine groups is 1. The van der Waals surface area contributed by atoms with Crippen LogP contribution in [0, 0.1) is 0 Å². The number of nitrogens with one attached hydrogen (secondary N) is 1. The lowest BCUT2D eigenvalue weighted by Crippen LogP contribution is -2.58. The highest BCUT2D eigenvalue weighted by Crippen LogP contribution is 2.54. The molecule has 2 aliphatic rings. The van der Waals surface area contributed by atoms with Gasteiger partial charge in [0.1, 0.15) is 22.3 Å². The number of fused-ring (bicyclic) bond motifs is 3. The summed E-state index contributed by atoms with van der Waals surface area (Å²) in [5.41, 5.74) is 8.74. The number of nitrogens with zero attached hydrogens (tertiary/aromatic N) is 2. The average Bonchev–Trinajstić information content (AvgIpc) is 3.32. The lowest BCUT2D eigenvalue weighted by atomic mass is 9.74. The monoisotopic (exact) mass is 464 g/mol. The molecular formula is C20H21ClN4O3S2. The van der Waals surface area contributed by atoms with E-state index in [1.807, 2.05) is 12.1 Å². The van der Waals surface area contributed by atoms with Crippen LogP contribution in [0.15, 0.2) is 35.3 Å². The lowest BCUT2D eigenvalue weighted by Gasteiger charge is -2.47. The quantitative estimate of drug-likeness (QED) is 0.604. The summed E-state index contributed by atoms with van der Waals surface area (Å²) in [6.07, 6.45) is 1.24. The first-order valence-electron chi connectivity index (χ1n) is 9.51. The molecule has 3 unspecified atom stereocenters. The van der Waals surface area contributed by atoms with Crippen LogP contribution in [0.2, 0.25) is 0 Å². The Bertz CT molecular complexity index is 1190. The topological polar surface area (TPSA) is 92.9 Å². The van der Waals surface area contributed by atoms with Gasteiger partial charge in [0, 0.05) is 23.7 Å². The van der Waals surface area contributed by atoms with Crippen LogP contribution < -0.4 is 10.5 Å². The first-order chi connectivity index (χ1) is 14.5. The van der Waals surface area contributed by atoms with Gasteiger partial charge in [-0.25, -0.2) is 9.20 Å². The molecule has 0 amide bonds. The molecule has 1 aromatic carbocycles. The number of thiophene rings is 1. The molecule has 0 saturated carbocycles. The zero-order valence-electron chi connectivity index (χ0n) is 16.5. The summed E-state index contributed by atoms with van der Waals surface area (Å²) in [5.74, 6) is 1.11. The van der Waals surface area contributed by atoms with Crippen molar-refractivity contribution in [1.82, 2.24) is 9.29 Å². The summed E-state index contributed by atoms with van der Waals surface area (Å²) in [6.45, 7) is 0.304. The molecule has 30 heavy (non-hydrogen) atoms. The van der Waals surface area contributed by atoms with E-state index in [1.165, 1.54) is 9.87 Å². The van der Waals surface area contributed by atoms with E-state index in [-0.39, 0.29) is 5.25 Å². The van der Waals surface area contributed by atoms with Crippen LogP contribution in [0.3, 0.4) is 0 Å². The number of benzene rings is 1. The fourth-order valence-corrected chi connectivity index (χ4v) is 7.39. The van der Waals surface area contributed by atoms with Crippen molar-refractivity contribution in [2.45, 2.75) is 23.6 Å². The van der Waals surface area contributed by atoms with Crippen LogP contribution in [0.5, 0.6) is 5.75 Å². The summed E-state index contributed by atoms with van der Waals surface area (Å²) >= 11 is 7.12. The summed E-state index contributed by atoms with van der Waals surface area (Å²) < 4.78 is 24.8. The Morgan fingerprint density at radius 1 is 1.47 bits per heavy atom. The van der Waals surface area contributed by atoms with Gasteiger partial charge >= 0.3 is 0 Å². The van der Waals surface area contributed by atoms with Gasteiger partial charge in [0.15, 0.2) is 0 Å². The Kier molecular flexibility index (Phi) is 4.81. The van der Waals surface area contributed by atoms with Crippen molar-refractivity contribution >= 4 is 51.1 Å². The van der Waals surface area contributed by atoms with Crippen molar-refractivity contribution in [3.63, 3.8) is 0 Å². The van der Waals surface area contributed by atoms with Crippen molar-refractivity contribution in [2.75, 3.05) is 20.8 Å². The number of aromatic amines is 1. The molecule has 1 spiro atoms. The molecule has 1 aliphatic carbocycles. The highest BCUT2D eigenvalue weighted by Gasteiger charge is 2.56. The largest absolute Gasteiger partial charge is 0.495 e. The van der Waals surface area contributed by atoms with E-state index in [0.717, 1.165) is 32.1 Å². The molecule has 0 bridgehead atoms. The molecule has 2 aromatic heterocycles. The molecule has 3 N–H and O–H groups in total. The van der Waals surface area contributed by atoms with Crippen molar-refractivity contribution in [3.05, 3.63) is 40.8 Å². The van der Waals surface area contributed by atoms with Crippen molar-refractivity contribution in [3.8, 4) is 16.3 Å². The normalized spacial score (nSPS) is 25.3.